The summed E-state index contributed by atoms with van der Waals surface area (Å²) in [7, 11) is 2.07. The van der Waals surface area contributed by atoms with Crippen LogP contribution in [0, 0.1) is 0 Å². The zero-order valence-corrected chi connectivity index (χ0v) is 12.5. The Balaban J connectivity index is 1.85. The highest BCUT2D eigenvalue weighted by Crippen LogP contribution is 2.25. The second kappa shape index (κ2) is 5.09. The quantitative estimate of drug-likeness (QED) is 0.920. The maximum absolute atomic E-state index is 5.96. The Kier molecular flexibility index (Phi) is 3.45. The summed E-state index contributed by atoms with van der Waals surface area (Å²) in [6.07, 6.45) is 6.34. The van der Waals surface area contributed by atoms with E-state index in [4.69, 9.17) is 5.73 Å². The normalized spacial score (nSPS) is 23.7. The van der Waals surface area contributed by atoms with Gasteiger partial charge in [0.25, 0.3) is 0 Å². The average Bonchev–Trinajstić information content (AvgIpc) is 2.84. The lowest BCUT2D eigenvalue weighted by molar-refractivity contribution is 0.382. The van der Waals surface area contributed by atoms with Crippen LogP contribution in [0.2, 0.25) is 0 Å². The smallest absolute Gasteiger partial charge is 0.245 e. The third kappa shape index (κ3) is 2.47. The monoisotopic (exact) mass is 323 g/mol. The second-order valence-electron chi connectivity index (χ2n) is 5.22. The third-order valence-corrected chi connectivity index (χ3v) is 4.53. The number of hydrogen-bond acceptors (Lipinski definition) is 4. The molecule has 5 nitrogen and oxygen atoms in total. The molecule has 6 heteroatoms. The zero-order valence-electron chi connectivity index (χ0n) is 11.0. The van der Waals surface area contributed by atoms with E-state index in [0.29, 0.717) is 12.1 Å². The molecule has 0 bridgehead atoms. The molecule has 2 N–H and O–H groups in total. The van der Waals surface area contributed by atoms with Crippen LogP contribution >= 0.6 is 15.9 Å². The van der Waals surface area contributed by atoms with E-state index in [1.54, 1.807) is 0 Å². The number of aromatic nitrogens is 3. The van der Waals surface area contributed by atoms with E-state index in [1.807, 2.05) is 22.8 Å². The van der Waals surface area contributed by atoms with Crippen LogP contribution in [0.4, 0.5) is 5.95 Å². The summed E-state index contributed by atoms with van der Waals surface area (Å²) in [5.41, 5.74) is 6.82. The van der Waals surface area contributed by atoms with E-state index in [0.717, 1.165) is 41.8 Å². The molecule has 2 aromatic heterocycles. The van der Waals surface area contributed by atoms with Gasteiger partial charge >= 0.3 is 0 Å². The van der Waals surface area contributed by atoms with Crippen LogP contribution in [0.5, 0.6) is 0 Å². The zero-order chi connectivity index (χ0) is 13.4. The largest absolute Gasteiger partial charge is 0.340 e. The van der Waals surface area contributed by atoms with Crippen molar-refractivity contribution in [2.75, 3.05) is 11.9 Å². The maximum Gasteiger partial charge on any atom is 0.245 e. The van der Waals surface area contributed by atoms with Gasteiger partial charge < -0.3 is 10.6 Å². The Bertz CT molecular complexity index is 573. The predicted molar refractivity (Wildman–Crippen MR) is 79.3 cm³/mol. The Morgan fingerprint density at radius 3 is 2.79 bits per heavy atom. The lowest BCUT2D eigenvalue weighted by Gasteiger charge is -2.32. The molecule has 1 aliphatic rings. The fraction of sp³-hybridized carbons (Fsp3) is 0.538. The molecule has 1 aliphatic carbocycles. The Morgan fingerprint density at radius 1 is 1.37 bits per heavy atom. The van der Waals surface area contributed by atoms with Gasteiger partial charge in [0.15, 0.2) is 5.65 Å². The van der Waals surface area contributed by atoms with E-state index in [9.17, 15) is 0 Å². The first-order valence-electron chi connectivity index (χ1n) is 6.64. The van der Waals surface area contributed by atoms with Gasteiger partial charge in [0.05, 0.1) is 4.47 Å². The van der Waals surface area contributed by atoms with E-state index >= 15 is 0 Å². The molecule has 0 amide bonds. The standard InChI is InChI=1S/C13H18BrN5/c1-18(10-6-4-9(15)5-7-10)13-16-12-11(14)3-2-8-19(12)17-13/h2-3,8-10H,4-7,15H2,1H3. The Morgan fingerprint density at radius 2 is 2.11 bits per heavy atom. The molecule has 0 aliphatic heterocycles. The van der Waals surface area contributed by atoms with Gasteiger partial charge in [-0.2, -0.15) is 4.98 Å². The molecular weight excluding hydrogens is 306 g/mol. The Labute approximate surface area is 120 Å². The van der Waals surface area contributed by atoms with Crippen molar-refractivity contribution < 1.29 is 0 Å². The summed E-state index contributed by atoms with van der Waals surface area (Å²) in [6.45, 7) is 0. The van der Waals surface area contributed by atoms with Gasteiger partial charge in [-0.05, 0) is 53.7 Å². The number of pyridine rings is 1. The number of anilines is 1. The van der Waals surface area contributed by atoms with Crippen LogP contribution in [0.15, 0.2) is 22.8 Å². The summed E-state index contributed by atoms with van der Waals surface area (Å²) in [6, 6.07) is 4.80. The van der Waals surface area contributed by atoms with Crippen molar-refractivity contribution in [2.45, 2.75) is 37.8 Å². The van der Waals surface area contributed by atoms with Gasteiger partial charge in [-0.3, -0.25) is 0 Å². The van der Waals surface area contributed by atoms with Crippen molar-refractivity contribution >= 4 is 27.5 Å². The first-order valence-corrected chi connectivity index (χ1v) is 7.44. The molecule has 0 atom stereocenters. The molecule has 102 valence electrons. The number of rotatable bonds is 2. The van der Waals surface area contributed by atoms with E-state index in [1.165, 1.54) is 0 Å². The fourth-order valence-electron chi connectivity index (χ4n) is 2.66. The van der Waals surface area contributed by atoms with Crippen molar-refractivity contribution in [1.82, 2.24) is 14.6 Å². The molecule has 19 heavy (non-hydrogen) atoms. The maximum atomic E-state index is 5.96. The summed E-state index contributed by atoms with van der Waals surface area (Å²) in [5, 5.41) is 4.54. The van der Waals surface area contributed by atoms with E-state index in [2.05, 4.69) is 38.0 Å². The SMILES string of the molecule is CN(c1nc2c(Br)cccn2n1)C1CCC(N)CC1. The second-order valence-corrected chi connectivity index (χ2v) is 6.07. The third-order valence-electron chi connectivity index (χ3n) is 3.91. The van der Waals surface area contributed by atoms with Crippen molar-refractivity contribution in [2.24, 2.45) is 5.73 Å². The first-order chi connectivity index (χ1) is 9.15. The van der Waals surface area contributed by atoms with E-state index < -0.39 is 0 Å². The highest BCUT2D eigenvalue weighted by Gasteiger charge is 2.24. The van der Waals surface area contributed by atoms with Gasteiger partial charge in [-0.15, -0.1) is 5.10 Å². The first kappa shape index (κ1) is 12.9. The van der Waals surface area contributed by atoms with Crippen molar-refractivity contribution in [3.8, 4) is 0 Å². The van der Waals surface area contributed by atoms with Gasteiger partial charge in [-0.1, -0.05) is 0 Å². The van der Waals surface area contributed by atoms with Crippen molar-refractivity contribution in [3.05, 3.63) is 22.8 Å². The summed E-state index contributed by atoms with van der Waals surface area (Å²) >= 11 is 3.50. The van der Waals surface area contributed by atoms with Crippen LogP contribution in [-0.4, -0.2) is 33.7 Å². The average molecular weight is 324 g/mol. The summed E-state index contributed by atoms with van der Waals surface area (Å²) in [4.78, 5) is 6.79. The lowest BCUT2D eigenvalue weighted by atomic mass is 9.91. The number of nitrogens with two attached hydrogens (primary N) is 1. The molecule has 0 saturated heterocycles. The van der Waals surface area contributed by atoms with Crippen LogP contribution in [-0.2, 0) is 0 Å². The number of hydrogen-bond donors (Lipinski definition) is 1. The molecule has 1 fully saturated rings. The van der Waals surface area contributed by atoms with Gasteiger partial charge in [0.1, 0.15) is 0 Å². The molecular formula is C13H18BrN5. The highest BCUT2D eigenvalue weighted by atomic mass is 79.9. The molecule has 1 saturated carbocycles. The molecule has 0 radical (unpaired) electrons. The van der Waals surface area contributed by atoms with E-state index in [-0.39, 0.29) is 0 Å². The number of fused-ring (bicyclic) bond motifs is 1. The molecule has 3 rings (SSSR count). The lowest BCUT2D eigenvalue weighted by Crippen LogP contribution is -2.39. The van der Waals surface area contributed by atoms with Crippen molar-refractivity contribution in [1.29, 1.82) is 0 Å². The minimum atomic E-state index is 0.368. The van der Waals surface area contributed by atoms with Crippen LogP contribution in [0.3, 0.4) is 0 Å². The predicted octanol–water partition coefficient (Wildman–Crippen LogP) is 2.20. The molecule has 2 heterocycles. The van der Waals surface area contributed by atoms with Gasteiger partial charge in [0.2, 0.25) is 5.95 Å². The number of halogens is 1. The highest BCUT2D eigenvalue weighted by molar-refractivity contribution is 9.10. The molecule has 0 spiro atoms. The molecule has 0 unspecified atom stereocenters. The Hall–Kier alpha value is -1.14. The summed E-state index contributed by atoms with van der Waals surface area (Å²) < 4.78 is 2.78. The van der Waals surface area contributed by atoms with Crippen molar-refractivity contribution in [3.63, 3.8) is 0 Å². The topological polar surface area (TPSA) is 59.5 Å². The van der Waals surface area contributed by atoms with Gasteiger partial charge in [-0.25, -0.2) is 4.52 Å². The minimum Gasteiger partial charge on any atom is -0.340 e. The number of nitrogens with zero attached hydrogens (tertiary/aromatic N) is 4. The van der Waals surface area contributed by atoms with Gasteiger partial charge in [0, 0.05) is 25.3 Å². The van der Waals surface area contributed by atoms with Crippen LogP contribution in [0.1, 0.15) is 25.7 Å². The van der Waals surface area contributed by atoms with Crippen LogP contribution < -0.4 is 10.6 Å². The fourth-order valence-corrected chi connectivity index (χ4v) is 3.09. The molecule has 0 aromatic carbocycles. The summed E-state index contributed by atoms with van der Waals surface area (Å²) in [5.74, 6) is 0.785. The van der Waals surface area contributed by atoms with Crippen LogP contribution in [0.25, 0.3) is 5.65 Å². The molecule has 2 aromatic rings. The minimum absolute atomic E-state index is 0.368.